The van der Waals surface area contributed by atoms with Crippen LogP contribution >= 0.6 is 0 Å². The number of fused-ring (bicyclic) bond motifs is 2. The fraction of sp³-hybridized carbons (Fsp3) is 0.520. The molecular formula is C25H33N3O4. The third-order valence-corrected chi connectivity index (χ3v) is 5.88. The molecule has 0 unspecified atom stereocenters. The summed E-state index contributed by atoms with van der Waals surface area (Å²) in [7, 11) is 0. The van der Waals surface area contributed by atoms with Gasteiger partial charge in [0.25, 0.3) is 0 Å². The van der Waals surface area contributed by atoms with Crippen molar-refractivity contribution in [1.29, 1.82) is 0 Å². The van der Waals surface area contributed by atoms with Gasteiger partial charge in [-0.05, 0) is 50.4 Å². The van der Waals surface area contributed by atoms with Gasteiger partial charge in [-0.2, -0.15) is 0 Å². The highest BCUT2D eigenvalue weighted by molar-refractivity contribution is 5.78. The number of hydrogen-bond acceptors (Lipinski definition) is 6. The van der Waals surface area contributed by atoms with Crippen LogP contribution in [0.1, 0.15) is 44.1 Å². The minimum Gasteiger partial charge on any atom is -0.490 e. The number of rotatable bonds is 3. The first-order chi connectivity index (χ1) is 15.8. The Labute approximate surface area is 190 Å². The molecule has 7 heteroatoms. The van der Waals surface area contributed by atoms with Crippen LogP contribution in [0.25, 0.3) is 0 Å². The Morgan fingerprint density at radius 3 is 2.69 bits per heavy atom. The lowest BCUT2D eigenvalue weighted by Crippen LogP contribution is -2.44. The smallest absolute Gasteiger partial charge is 0.234 e. The Morgan fingerprint density at radius 1 is 1.00 bits per heavy atom. The van der Waals surface area contributed by atoms with Crippen molar-refractivity contribution in [3.05, 3.63) is 48.2 Å². The van der Waals surface area contributed by atoms with Gasteiger partial charge in [0, 0.05) is 37.6 Å². The number of carbonyl (C=O) groups excluding carboxylic acids is 1. The van der Waals surface area contributed by atoms with Gasteiger partial charge in [-0.25, -0.2) is 4.98 Å². The summed E-state index contributed by atoms with van der Waals surface area (Å²) in [5, 5.41) is 3.18. The SMILES string of the molecule is O=C(CN1CCCCCCOc2ccccc2Oc2ncccc2C1)NC1CCOCC1. The van der Waals surface area contributed by atoms with Crippen molar-refractivity contribution in [1.82, 2.24) is 15.2 Å². The van der Waals surface area contributed by atoms with Crippen molar-refractivity contribution in [2.45, 2.75) is 51.1 Å². The summed E-state index contributed by atoms with van der Waals surface area (Å²) in [6.45, 7) is 3.92. The number of ether oxygens (including phenoxy) is 3. The lowest BCUT2D eigenvalue weighted by atomic mass is 10.1. The summed E-state index contributed by atoms with van der Waals surface area (Å²) < 4.78 is 17.6. The Bertz CT molecular complexity index is 870. The Morgan fingerprint density at radius 2 is 1.81 bits per heavy atom. The highest BCUT2D eigenvalue weighted by atomic mass is 16.5. The Kier molecular flexibility index (Phi) is 8.34. The molecule has 1 amide bonds. The molecule has 0 spiro atoms. The molecule has 0 bridgehead atoms. The molecule has 3 heterocycles. The summed E-state index contributed by atoms with van der Waals surface area (Å²) in [5.74, 6) is 2.01. The lowest BCUT2D eigenvalue weighted by molar-refractivity contribution is -0.123. The first-order valence-electron chi connectivity index (χ1n) is 11.7. The third kappa shape index (κ3) is 6.68. The van der Waals surface area contributed by atoms with E-state index in [2.05, 4.69) is 15.2 Å². The number of aromatic nitrogens is 1. The molecule has 1 aromatic heterocycles. The fourth-order valence-electron chi connectivity index (χ4n) is 4.14. The maximum atomic E-state index is 12.8. The molecule has 1 N–H and O–H groups in total. The number of carbonyl (C=O) groups is 1. The zero-order chi connectivity index (χ0) is 22.0. The second kappa shape index (κ2) is 11.8. The number of para-hydroxylation sites is 2. The van der Waals surface area contributed by atoms with Crippen LogP contribution in [0.4, 0.5) is 0 Å². The van der Waals surface area contributed by atoms with Crippen LogP contribution in [0.5, 0.6) is 17.4 Å². The molecule has 0 aliphatic carbocycles. The third-order valence-electron chi connectivity index (χ3n) is 5.88. The normalized spacial score (nSPS) is 18.9. The van der Waals surface area contributed by atoms with Crippen molar-refractivity contribution < 1.29 is 19.0 Å². The first kappa shape index (κ1) is 22.6. The summed E-state index contributed by atoms with van der Waals surface area (Å²) in [6.07, 6.45) is 7.74. The van der Waals surface area contributed by atoms with Gasteiger partial charge in [-0.1, -0.05) is 31.0 Å². The van der Waals surface area contributed by atoms with Crippen LogP contribution < -0.4 is 14.8 Å². The Hall–Kier alpha value is -2.64. The van der Waals surface area contributed by atoms with Crippen molar-refractivity contribution >= 4 is 5.91 Å². The number of benzene rings is 1. The van der Waals surface area contributed by atoms with Gasteiger partial charge in [-0.15, -0.1) is 0 Å². The average molecular weight is 440 g/mol. The summed E-state index contributed by atoms with van der Waals surface area (Å²) in [6, 6.07) is 11.8. The molecular weight excluding hydrogens is 406 g/mol. The zero-order valence-electron chi connectivity index (χ0n) is 18.6. The molecule has 0 radical (unpaired) electrons. The van der Waals surface area contributed by atoms with Crippen LogP contribution in [0.15, 0.2) is 42.6 Å². The van der Waals surface area contributed by atoms with Crippen LogP contribution in [0.3, 0.4) is 0 Å². The summed E-state index contributed by atoms with van der Waals surface area (Å²) in [4.78, 5) is 19.5. The van der Waals surface area contributed by atoms with Gasteiger partial charge in [0.1, 0.15) is 0 Å². The van der Waals surface area contributed by atoms with Gasteiger partial charge >= 0.3 is 0 Å². The highest BCUT2D eigenvalue weighted by Crippen LogP contribution is 2.32. The molecule has 172 valence electrons. The molecule has 0 atom stereocenters. The van der Waals surface area contributed by atoms with Gasteiger partial charge in [0.2, 0.25) is 11.8 Å². The van der Waals surface area contributed by atoms with Crippen LogP contribution in [-0.4, -0.2) is 54.7 Å². The van der Waals surface area contributed by atoms with Gasteiger partial charge in [0.05, 0.1) is 13.2 Å². The minimum absolute atomic E-state index is 0.0723. The molecule has 1 aromatic carbocycles. The molecule has 7 nitrogen and oxygen atoms in total. The van der Waals surface area contributed by atoms with E-state index in [9.17, 15) is 4.79 Å². The summed E-state index contributed by atoms with van der Waals surface area (Å²) in [5.41, 5.74) is 0.957. The second-order valence-electron chi connectivity index (χ2n) is 8.44. The molecule has 2 aliphatic rings. The summed E-state index contributed by atoms with van der Waals surface area (Å²) >= 11 is 0. The number of amides is 1. The van der Waals surface area contributed by atoms with Crippen LogP contribution in [-0.2, 0) is 16.1 Å². The minimum atomic E-state index is 0.0723. The monoisotopic (exact) mass is 439 g/mol. The molecule has 1 saturated heterocycles. The van der Waals surface area contributed by atoms with Gasteiger partial charge in [-0.3, -0.25) is 9.69 Å². The zero-order valence-corrected chi connectivity index (χ0v) is 18.6. The number of pyridine rings is 1. The predicted octanol–water partition coefficient (Wildman–Crippen LogP) is 3.92. The van der Waals surface area contributed by atoms with Crippen molar-refractivity contribution in [2.24, 2.45) is 0 Å². The van der Waals surface area contributed by atoms with E-state index in [-0.39, 0.29) is 11.9 Å². The van der Waals surface area contributed by atoms with E-state index >= 15 is 0 Å². The number of nitrogens with one attached hydrogen (secondary N) is 1. The van der Waals surface area contributed by atoms with E-state index in [1.165, 1.54) is 0 Å². The van der Waals surface area contributed by atoms with E-state index in [0.717, 1.165) is 69.6 Å². The highest BCUT2D eigenvalue weighted by Gasteiger charge is 2.20. The van der Waals surface area contributed by atoms with E-state index < -0.39 is 0 Å². The molecule has 0 saturated carbocycles. The molecule has 1 fully saturated rings. The average Bonchev–Trinajstić information content (AvgIpc) is 2.81. The Balaban J connectivity index is 1.49. The molecule has 4 rings (SSSR count). The maximum Gasteiger partial charge on any atom is 0.234 e. The molecule has 32 heavy (non-hydrogen) atoms. The van der Waals surface area contributed by atoms with E-state index in [1.54, 1.807) is 6.20 Å². The van der Waals surface area contributed by atoms with Gasteiger partial charge in [0.15, 0.2) is 11.5 Å². The maximum absolute atomic E-state index is 12.8. The van der Waals surface area contributed by atoms with E-state index in [4.69, 9.17) is 14.2 Å². The first-order valence-corrected chi connectivity index (χ1v) is 11.7. The fourth-order valence-corrected chi connectivity index (χ4v) is 4.14. The van der Waals surface area contributed by atoms with Crippen molar-refractivity contribution in [3.63, 3.8) is 0 Å². The number of nitrogens with zero attached hydrogens (tertiary/aromatic N) is 2. The van der Waals surface area contributed by atoms with Crippen LogP contribution in [0.2, 0.25) is 0 Å². The largest absolute Gasteiger partial charge is 0.490 e. The van der Waals surface area contributed by atoms with E-state index in [0.29, 0.717) is 31.3 Å². The van der Waals surface area contributed by atoms with Crippen molar-refractivity contribution in [2.75, 3.05) is 32.9 Å². The quantitative estimate of drug-likeness (QED) is 0.781. The second-order valence-corrected chi connectivity index (χ2v) is 8.44. The van der Waals surface area contributed by atoms with Crippen LogP contribution in [0, 0.1) is 0 Å². The standard InChI is InChI=1S/C25H33N3O4/c29-24(27-21-11-16-30-17-12-21)19-28-14-5-1-2-6-15-31-22-9-3-4-10-23(22)32-25-20(18-28)8-7-13-26-25/h3-4,7-10,13,21H,1-2,5-6,11-12,14-19H2,(H,27,29). The molecule has 2 aromatic rings. The predicted molar refractivity (Wildman–Crippen MR) is 122 cm³/mol. The van der Waals surface area contributed by atoms with Gasteiger partial charge < -0.3 is 19.5 Å². The lowest BCUT2D eigenvalue weighted by Gasteiger charge is -2.26. The number of hydrogen-bond donors (Lipinski definition) is 1. The topological polar surface area (TPSA) is 72.9 Å². The van der Waals surface area contributed by atoms with Crippen molar-refractivity contribution in [3.8, 4) is 17.4 Å². The molecule has 2 aliphatic heterocycles. The van der Waals surface area contributed by atoms with E-state index in [1.807, 2.05) is 36.4 Å².